The quantitative estimate of drug-likeness (QED) is 0.582. The number of fused-ring (bicyclic) bond motifs is 1. The first-order valence-corrected chi connectivity index (χ1v) is 3.76. The number of aromatic nitrogens is 2. The van der Waals surface area contributed by atoms with Crippen molar-refractivity contribution in [3.05, 3.63) is 29.8 Å². The maximum atomic E-state index is 13.4. The monoisotopic (exact) mass is 164 g/mol. The van der Waals surface area contributed by atoms with Gasteiger partial charge in [0.2, 0.25) is 0 Å². The fourth-order valence-corrected chi connectivity index (χ4v) is 1.30. The van der Waals surface area contributed by atoms with Crippen molar-refractivity contribution in [1.29, 1.82) is 0 Å². The summed E-state index contributed by atoms with van der Waals surface area (Å²) in [7, 11) is 1.79. The molecule has 0 spiro atoms. The first-order valence-electron chi connectivity index (χ1n) is 3.76. The maximum absolute atomic E-state index is 13.4. The van der Waals surface area contributed by atoms with Crippen LogP contribution in [0.3, 0.4) is 0 Å². The zero-order chi connectivity index (χ0) is 8.72. The molecule has 0 atom stereocenters. The van der Waals surface area contributed by atoms with E-state index in [-0.39, 0.29) is 5.82 Å². The summed E-state index contributed by atoms with van der Waals surface area (Å²) in [6, 6.07) is 3.57. The van der Waals surface area contributed by atoms with Crippen LogP contribution in [0.1, 0.15) is 5.56 Å². The van der Waals surface area contributed by atoms with Gasteiger partial charge in [0.1, 0.15) is 5.52 Å². The predicted molar refractivity (Wildman–Crippen MR) is 45.4 cm³/mol. The molecule has 0 fully saturated rings. The Balaban J connectivity index is 2.96. The second kappa shape index (κ2) is 2.30. The van der Waals surface area contributed by atoms with Gasteiger partial charge in [0.05, 0.1) is 11.8 Å². The highest BCUT2D eigenvalue weighted by molar-refractivity contribution is 5.76. The van der Waals surface area contributed by atoms with Gasteiger partial charge >= 0.3 is 0 Å². The van der Waals surface area contributed by atoms with Gasteiger partial charge in [-0.3, -0.25) is 0 Å². The van der Waals surface area contributed by atoms with E-state index < -0.39 is 0 Å². The standard InChI is InChI=1S/C9H9FN2/c1-6-3-4-7-9(8(6)10)12(2)5-11-7/h3-5H,1-2H3. The molecule has 0 aliphatic carbocycles. The van der Waals surface area contributed by atoms with Gasteiger partial charge in [0, 0.05) is 7.05 Å². The molecule has 3 heteroatoms. The first-order chi connectivity index (χ1) is 5.70. The van der Waals surface area contributed by atoms with Gasteiger partial charge in [-0.1, -0.05) is 6.07 Å². The molecule has 0 aliphatic rings. The number of rotatable bonds is 0. The highest BCUT2D eigenvalue weighted by Gasteiger charge is 2.07. The Morgan fingerprint density at radius 2 is 2.17 bits per heavy atom. The van der Waals surface area contributed by atoms with Crippen molar-refractivity contribution in [2.75, 3.05) is 0 Å². The van der Waals surface area contributed by atoms with Crippen LogP contribution in [0.4, 0.5) is 4.39 Å². The molecule has 0 amide bonds. The Kier molecular flexibility index (Phi) is 1.40. The van der Waals surface area contributed by atoms with Crippen LogP contribution in [-0.2, 0) is 7.05 Å². The second-order valence-electron chi connectivity index (χ2n) is 2.92. The lowest BCUT2D eigenvalue weighted by molar-refractivity contribution is 0.623. The highest BCUT2D eigenvalue weighted by Crippen LogP contribution is 2.18. The normalized spacial score (nSPS) is 10.9. The number of imidazole rings is 1. The minimum Gasteiger partial charge on any atom is -0.331 e. The van der Waals surface area contributed by atoms with Crippen molar-refractivity contribution in [2.45, 2.75) is 6.92 Å². The fraction of sp³-hybridized carbons (Fsp3) is 0.222. The van der Waals surface area contributed by atoms with E-state index in [1.54, 1.807) is 30.9 Å². The summed E-state index contributed by atoms with van der Waals surface area (Å²) in [5.74, 6) is -0.174. The van der Waals surface area contributed by atoms with Gasteiger partial charge in [-0.25, -0.2) is 9.37 Å². The van der Waals surface area contributed by atoms with Crippen molar-refractivity contribution in [3.8, 4) is 0 Å². The Bertz CT molecular complexity index is 431. The Morgan fingerprint density at radius 3 is 2.92 bits per heavy atom. The van der Waals surface area contributed by atoms with Gasteiger partial charge in [0.25, 0.3) is 0 Å². The molecule has 12 heavy (non-hydrogen) atoms. The Hall–Kier alpha value is -1.38. The van der Waals surface area contributed by atoms with Crippen LogP contribution in [0.25, 0.3) is 11.0 Å². The molecule has 0 N–H and O–H groups in total. The van der Waals surface area contributed by atoms with E-state index >= 15 is 0 Å². The maximum Gasteiger partial charge on any atom is 0.151 e. The van der Waals surface area contributed by atoms with Crippen LogP contribution in [0.15, 0.2) is 18.5 Å². The van der Waals surface area contributed by atoms with Crippen molar-refractivity contribution < 1.29 is 4.39 Å². The van der Waals surface area contributed by atoms with Crippen LogP contribution in [0, 0.1) is 12.7 Å². The second-order valence-corrected chi connectivity index (χ2v) is 2.92. The minimum atomic E-state index is -0.174. The molecule has 0 radical (unpaired) electrons. The summed E-state index contributed by atoms with van der Waals surface area (Å²) in [6.45, 7) is 1.75. The minimum absolute atomic E-state index is 0.174. The molecule has 0 aliphatic heterocycles. The first kappa shape index (κ1) is 7.28. The zero-order valence-electron chi connectivity index (χ0n) is 7.00. The van der Waals surface area contributed by atoms with E-state index in [9.17, 15) is 4.39 Å². The Morgan fingerprint density at radius 1 is 1.42 bits per heavy atom. The van der Waals surface area contributed by atoms with Crippen LogP contribution < -0.4 is 0 Å². The summed E-state index contributed by atoms with van der Waals surface area (Å²) in [5.41, 5.74) is 1.95. The SMILES string of the molecule is Cc1ccc2ncn(C)c2c1F. The van der Waals surface area contributed by atoms with Crippen LogP contribution in [0.5, 0.6) is 0 Å². The van der Waals surface area contributed by atoms with Crippen molar-refractivity contribution in [3.63, 3.8) is 0 Å². The number of aryl methyl sites for hydroxylation is 2. The molecule has 0 saturated heterocycles. The van der Waals surface area contributed by atoms with Gasteiger partial charge in [-0.15, -0.1) is 0 Å². The number of hydrogen-bond donors (Lipinski definition) is 0. The summed E-state index contributed by atoms with van der Waals surface area (Å²) >= 11 is 0. The Labute approximate surface area is 69.6 Å². The number of halogens is 1. The lowest BCUT2D eigenvalue weighted by Crippen LogP contribution is -1.90. The number of benzene rings is 1. The highest BCUT2D eigenvalue weighted by atomic mass is 19.1. The lowest BCUT2D eigenvalue weighted by Gasteiger charge is -1.98. The topological polar surface area (TPSA) is 17.8 Å². The van der Waals surface area contributed by atoms with E-state index in [4.69, 9.17) is 0 Å². The zero-order valence-corrected chi connectivity index (χ0v) is 7.00. The van der Waals surface area contributed by atoms with Crippen LogP contribution in [-0.4, -0.2) is 9.55 Å². The summed E-state index contributed by atoms with van der Waals surface area (Å²) in [6.07, 6.45) is 1.62. The third-order valence-corrected chi connectivity index (χ3v) is 2.01. The molecular formula is C9H9FN2. The molecule has 0 bridgehead atoms. The van der Waals surface area contributed by atoms with E-state index in [1.165, 1.54) is 0 Å². The average molecular weight is 164 g/mol. The van der Waals surface area contributed by atoms with E-state index in [1.807, 2.05) is 6.07 Å². The van der Waals surface area contributed by atoms with Gasteiger partial charge in [0.15, 0.2) is 5.82 Å². The van der Waals surface area contributed by atoms with Crippen LogP contribution >= 0.6 is 0 Å². The molecule has 2 rings (SSSR count). The largest absolute Gasteiger partial charge is 0.331 e. The van der Waals surface area contributed by atoms with E-state index in [2.05, 4.69) is 4.98 Å². The summed E-state index contributed by atoms with van der Waals surface area (Å²) < 4.78 is 15.1. The third kappa shape index (κ3) is 0.826. The van der Waals surface area contributed by atoms with Gasteiger partial charge < -0.3 is 4.57 Å². The molecule has 1 aromatic heterocycles. The van der Waals surface area contributed by atoms with Crippen molar-refractivity contribution in [2.24, 2.45) is 7.05 Å². The average Bonchev–Trinajstić information content (AvgIpc) is 2.41. The number of nitrogens with zero attached hydrogens (tertiary/aromatic N) is 2. The number of hydrogen-bond acceptors (Lipinski definition) is 1. The molecule has 1 aromatic carbocycles. The fourth-order valence-electron chi connectivity index (χ4n) is 1.30. The molecule has 1 heterocycles. The molecule has 0 unspecified atom stereocenters. The van der Waals surface area contributed by atoms with Gasteiger partial charge in [-0.2, -0.15) is 0 Å². The van der Waals surface area contributed by atoms with E-state index in [0.717, 1.165) is 0 Å². The molecule has 0 saturated carbocycles. The molecule has 2 aromatic rings. The van der Waals surface area contributed by atoms with Gasteiger partial charge in [-0.05, 0) is 18.6 Å². The molecular weight excluding hydrogens is 155 g/mol. The van der Waals surface area contributed by atoms with Crippen molar-refractivity contribution >= 4 is 11.0 Å². The molecule has 2 nitrogen and oxygen atoms in total. The van der Waals surface area contributed by atoms with E-state index in [0.29, 0.717) is 16.6 Å². The van der Waals surface area contributed by atoms with Crippen LogP contribution in [0.2, 0.25) is 0 Å². The summed E-state index contributed by atoms with van der Waals surface area (Å²) in [5, 5.41) is 0. The molecule has 62 valence electrons. The third-order valence-electron chi connectivity index (χ3n) is 2.01. The van der Waals surface area contributed by atoms with Crippen molar-refractivity contribution in [1.82, 2.24) is 9.55 Å². The smallest absolute Gasteiger partial charge is 0.151 e. The summed E-state index contributed by atoms with van der Waals surface area (Å²) in [4.78, 5) is 4.04. The predicted octanol–water partition coefficient (Wildman–Crippen LogP) is 2.02. The lowest BCUT2D eigenvalue weighted by atomic mass is 10.2.